The van der Waals surface area contributed by atoms with E-state index in [1.165, 1.54) is 11.1 Å². The lowest BCUT2D eigenvalue weighted by molar-refractivity contribution is 0.199. The van der Waals surface area contributed by atoms with E-state index in [-0.39, 0.29) is 0 Å². The fourth-order valence-electron chi connectivity index (χ4n) is 2.22. The van der Waals surface area contributed by atoms with Crippen molar-refractivity contribution < 1.29 is 0 Å². The van der Waals surface area contributed by atoms with Crippen molar-refractivity contribution in [3.8, 4) is 0 Å². The molecule has 1 saturated heterocycles. The number of nitrogens with one attached hydrogen (secondary N) is 1. The number of nitrogens with zero attached hydrogens (tertiary/aromatic N) is 1. The summed E-state index contributed by atoms with van der Waals surface area (Å²) in [5.74, 6) is 0. The molecule has 1 fully saturated rings. The van der Waals surface area contributed by atoms with E-state index < -0.39 is 0 Å². The summed E-state index contributed by atoms with van der Waals surface area (Å²) >= 11 is 0. The Bertz CT molecular complexity index is 322. The van der Waals surface area contributed by atoms with Crippen LogP contribution >= 0.6 is 0 Å². The number of hydrogen-bond acceptors (Lipinski definition) is 2. The number of aryl methyl sites for hydroxylation is 1. The van der Waals surface area contributed by atoms with Gasteiger partial charge in [-0.25, -0.2) is 0 Å². The molecular weight excluding hydrogens is 184 g/mol. The minimum Gasteiger partial charge on any atom is -0.312 e. The lowest BCUT2D eigenvalue weighted by Gasteiger charge is -2.31. The Morgan fingerprint density at radius 2 is 2.33 bits per heavy atom. The molecule has 0 radical (unpaired) electrons. The maximum absolute atomic E-state index is 3.47. The zero-order valence-electron chi connectivity index (χ0n) is 9.66. The Labute approximate surface area is 92.3 Å². The van der Waals surface area contributed by atoms with Crippen molar-refractivity contribution in [3.63, 3.8) is 0 Å². The monoisotopic (exact) mass is 204 g/mol. The first-order valence-electron chi connectivity index (χ1n) is 5.75. The average molecular weight is 204 g/mol. The van der Waals surface area contributed by atoms with E-state index in [1.54, 1.807) is 0 Å². The third-order valence-electron chi connectivity index (χ3n) is 2.94. The normalized spacial score (nSPS) is 22.9. The minimum atomic E-state index is 0.628. The molecule has 0 bridgehead atoms. The number of rotatable bonds is 2. The van der Waals surface area contributed by atoms with Crippen molar-refractivity contribution in [2.24, 2.45) is 0 Å². The molecule has 0 aliphatic carbocycles. The van der Waals surface area contributed by atoms with Gasteiger partial charge in [-0.1, -0.05) is 29.8 Å². The Morgan fingerprint density at radius 3 is 3.07 bits per heavy atom. The second-order valence-electron chi connectivity index (χ2n) is 4.58. The summed E-state index contributed by atoms with van der Waals surface area (Å²) in [7, 11) is 0. The Kier molecular flexibility index (Phi) is 3.39. The molecule has 2 heteroatoms. The third kappa shape index (κ3) is 3.05. The molecule has 1 aromatic carbocycles. The molecule has 82 valence electrons. The van der Waals surface area contributed by atoms with Gasteiger partial charge in [0.2, 0.25) is 0 Å². The van der Waals surface area contributed by atoms with Gasteiger partial charge >= 0.3 is 0 Å². The van der Waals surface area contributed by atoms with Crippen molar-refractivity contribution >= 4 is 0 Å². The standard InChI is InChI=1S/C13H20N2/c1-11-4-3-5-13(8-11)10-15-7-6-14-12(2)9-15/h3-5,8,12,14H,6-7,9-10H2,1-2H3. The summed E-state index contributed by atoms with van der Waals surface area (Å²) < 4.78 is 0. The highest BCUT2D eigenvalue weighted by Crippen LogP contribution is 2.09. The molecule has 1 aromatic rings. The van der Waals surface area contributed by atoms with Crippen LogP contribution in [0.4, 0.5) is 0 Å². The van der Waals surface area contributed by atoms with Gasteiger partial charge < -0.3 is 5.32 Å². The Hall–Kier alpha value is -0.860. The maximum Gasteiger partial charge on any atom is 0.0235 e. The molecule has 1 N–H and O–H groups in total. The van der Waals surface area contributed by atoms with Crippen LogP contribution in [0.3, 0.4) is 0 Å². The van der Waals surface area contributed by atoms with Crippen LogP contribution in [0.25, 0.3) is 0 Å². The third-order valence-corrected chi connectivity index (χ3v) is 2.94. The molecule has 0 aromatic heterocycles. The van der Waals surface area contributed by atoms with Crippen LogP contribution in [0, 0.1) is 6.92 Å². The van der Waals surface area contributed by atoms with Gasteiger partial charge in [0.25, 0.3) is 0 Å². The first-order valence-corrected chi connectivity index (χ1v) is 5.75. The largest absolute Gasteiger partial charge is 0.312 e. The zero-order valence-corrected chi connectivity index (χ0v) is 9.66. The SMILES string of the molecule is Cc1cccc(CN2CCNC(C)C2)c1. The predicted octanol–water partition coefficient (Wildman–Crippen LogP) is 1.79. The topological polar surface area (TPSA) is 15.3 Å². The van der Waals surface area contributed by atoms with Gasteiger partial charge in [0, 0.05) is 32.2 Å². The Morgan fingerprint density at radius 1 is 1.47 bits per heavy atom. The molecule has 1 aliphatic heterocycles. The number of benzene rings is 1. The van der Waals surface area contributed by atoms with E-state index in [4.69, 9.17) is 0 Å². The molecule has 0 amide bonds. The number of piperazine rings is 1. The van der Waals surface area contributed by atoms with Gasteiger partial charge in [-0.05, 0) is 19.4 Å². The Balaban J connectivity index is 1.96. The van der Waals surface area contributed by atoms with Crippen molar-refractivity contribution in [1.82, 2.24) is 10.2 Å². The smallest absolute Gasteiger partial charge is 0.0235 e. The molecule has 1 heterocycles. The van der Waals surface area contributed by atoms with Crippen molar-refractivity contribution in [3.05, 3.63) is 35.4 Å². The van der Waals surface area contributed by atoms with E-state index in [9.17, 15) is 0 Å². The lowest BCUT2D eigenvalue weighted by atomic mass is 10.1. The highest BCUT2D eigenvalue weighted by atomic mass is 15.2. The maximum atomic E-state index is 3.47. The highest BCUT2D eigenvalue weighted by molar-refractivity contribution is 5.22. The summed E-state index contributed by atoms with van der Waals surface area (Å²) in [6.45, 7) is 8.94. The summed E-state index contributed by atoms with van der Waals surface area (Å²) in [4.78, 5) is 2.52. The van der Waals surface area contributed by atoms with Gasteiger partial charge in [0.05, 0.1) is 0 Å². The molecule has 1 aliphatic rings. The predicted molar refractivity (Wildman–Crippen MR) is 63.9 cm³/mol. The van der Waals surface area contributed by atoms with E-state index in [0.717, 1.165) is 26.2 Å². The fraction of sp³-hybridized carbons (Fsp3) is 0.538. The molecule has 0 spiro atoms. The van der Waals surface area contributed by atoms with E-state index in [1.807, 2.05) is 0 Å². The number of hydrogen-bond donors (Lipinski definition) is 1. The van der Waals surface area contributed by atoms with Crippen molar-refractivity contribution in [1.29, 1.82) is 0 Å². The average Bonchev–Trinajstić information content (AvgIpc) is 2.17. The summed E-state index contributed by atoms with van der Waals surface area (Å²) in [5.41, 5.74) is 2.79. The van der Waals surface area contributed by atoms with Gasteiger partial charge in [-0.2, -0.15) is 0 Å². The molecule has 2 rings (SSSR count). The molecule has 1 atom stereocenters. The van der Waals surface area contributed by atoms with Gasteiger partial charge in [-0.15, -0.1) is 0 Å². The van der Waals surface area contributed by atoms with Crippen LogP contribution in [0.5, 0.6) is 0 Å². The van der Waals surface area contributed by atoms with Gasteiger partial charge in [0.15, 0.2) is 0 Å². The first-order chi connectivity index (χ1) is 7.24. The highest BCUT2D eigenvalue weighted by Gasteiger charge is 2.15. The van der Waals surface area contributed by atoms with Gasteiger partial charge in [0.1, 0.15) is 0 Å². The second kappa shape index (κ2) is 4.77. The molecule has 2 nitrogen and oxygen atoms in total. The first kappa shape index (κ1) is 10.7. The summed E-state index contributed by atoms with van der Waals surface area (Å²) in [6, 6.07) is 9.44. The van der Waals surface area contributed by atoms with Crippen molar-refractivity contribution in [2.75, 3.05) is 19.6 Å². The van der Waals surface area contributed by atoms with Crippen LogP contribution in [0.1, 0.15) is 18.1 Å². The lowest BCUT2D eigenvalue weighted by Crippen LogP contribution is -2.48. The van der Waals surface area contributed by atoms with Gasteiger partial charge in [-0.3, -0.25) is 4.90 Å². The van der Waals surface area contributed by atoms with Crippen molar-refractivity contribution in [2.45, 2.75) is 26.4 Å². The molecule has 1 unspecified atom stereocenters. The fourth-order valence-corrected chi connectivity index (χ4v) is 2.22. The van der Waals surface area contributed by atoms with Crippen LogP contribution in [0.2, 0.25) is 0 Å². The summed E-state index contributed by atoms with van der Waals surface area (Å²) in [5, 5.41) is 3.47. The molecular formula is C13H20N2. The van der Waals surface area contributed by atoms with Crippen LogP contribution in [-0.2, 0) is 6.54 Å². The quantitative estimate of drug-likeness (QED) is 0.790. The van der Waals surface area contributed by atoms with E-state index >= 15 is 0 Å². The second-order valence-corrected chi connectivity index (χ2v) is 4.58. The molecule has 0 saturated carbocycles. The summed E-state index contributed by atoms with van der Waals surface area (Å²) in [6.07, 6.45) is 0. The van der Waals surface area contributed by atoms with Crippen LogP contribution < -0.4 is 5.32 Å². The zero-order chi connectivity index (χ0) is 10.7. The van der Waals surface area contributed by atoms with E-state index in [0.29, 0.717) is 6.04 Å². The van der Waals surface area contributed by atoms with E-state index in [2.05, 4.69) is 48.3 Å². The molecule has 15 heavy (non-hydrogen) atoms. The van der Waals surface area contributed by atoms with Crippen LogP contribution in [0.15, 0.2) is 24.3 Å². The van der Waals surface area contributed by atoms with Crippen LogP contribution in [-0.4, -0.2) is 30.6 Å². The minimum absolute atomic E-state index is 0.628.